The number of aryl methyl sites for hydroxylation is 1. The number of aromatic nitrogens is 1. The number of hydrazone groups is 1. The van der Waals surface area contributed by atoms with Gasteiger partial charge in [-0.05, 0) is 38.1 Å². The Balaban J connectivity index is 2.29. The monoisotopic (exact) mass is 348 g/mol. The Labute approximate surface area is 144 Å². The smallest absolute Gasteiger partial charge is 0.254 e. The number of benzene rings is 1. The summed E-state index contributed by atoms with van der Waals surface area (Å²) in [4.78, 5) is 11.2. The minimum atomic E-state index is -0.443. The average Bonchev–Trinajstić information content (AvgIpc) is 2.77. The Morgan fingerprint density at radius 1 is 1.35 bits per heavy atom. The first kappa shape index (κ1) is 17.1. The number of halogens is 2. The fourth-order valence-corrected chi connectivity index (χ4v) is 2.52. The molecule has 0 saturated heterocycles. The molecule has 1 aromatic heterocycles. The second-order valence-corrected chi connectivity index (χ2v) is 5.70. The van der Waals surface area contributed by atoms with Gasteiger partial charge in [-0.15, -0.1) is 0 Å². The van der Waals surface area contributed by atoms with Crippen molar-refractivity contribution >= 4 is 35.3 Å². The molecule has 0 aliphatic rings. The Morgan fingerprint density at radius 3 is 2.74 bits per heavy atom. The molecule has 1 aromatic carbocycles. The third kappa shape index (κ3) is 3.92. The van der Waals surface area contributed by atoms with Crippen molar-refractivity contribution in [1.82, 2.24) is 9.99 Å². The number of amides is 1. The van der Waals surface area contributed by atoms with Gasteiger partial charge in [0.05, 0.1) is 22.3 Å². The van der Waals surface area contributed by atoms with E-state index in [0.717, 1.165) is 22.6 Å². The molecule has 5 nitrogen and oxygen atoms in total. The molecule has 23 heavy (non-hydrogen) atoms. The summed E-state index contributed by atoms with van der Waals surface area (Å²) in [5, 5.41) is 13.3. The van der Waals surface area contributed by atoms with Gasteiger partial charge in [-0.3, -0.25) is 4.79 Å². The van der Waals surface area contributed by atoms with Gasteiger partial charge in [-0.1, -0.05) is 23.2 Å². The van der Waals surface area contributed by atoms with Crippen LogP contribution in [0.2, 0.25) is 10.0 Å². The minimum absolute atomic E-state index is 0.223. The Hall–Kier alpha value is -2.29. The number of nitrogens with zero attached hydrogens (tertiary/aromatic N) is 3. The molecule has 118 valence electrons. The van der Waals surface area contributed by atoms with E-state index >= 15 is 0 Å². The third-order valence-corrected chi connectivity index (χ3v) is 4.00. The molecule has 2 aromatic rings. The summed E-state index contributed by atoms with van der Waals surface area (Å²) in [6, 6.07) is 9.11. The summed E-state index contributed by atoms with van der Waals surface area (Å²) < 4.78 is 2.01. The predicted octanol–water partition coefficient (Wildman–Crippen LogP) is 3.76. The van der Waals surface area contributed by atoms with Gasteiger partial charge in [0.15, 0.2) is 0 Å². The number of carbonyl (C=O) groups excluding carboxylic acids is 1. The van der Waals surface area contributed by atoms with Crippen LogP contribution in [0.5, 0.6) is 0 Å². The van der Waals surface area contributed by atoms with E-state index < -0.39 is 5.91 Å². The van der Waals surface area contributed by atoms with E-state index in [1.54, 1.807) is 24.4 Å². The second-order valence-electron chi connectivity index (χ2n) is 4.89. The molecule has 0 bridgehead atoms. The third-order valence-electron chi connectivity index (χ3n) is 3.26. The van der Waals surface area contributed by atoms with Crippen molar-refractivity contribution in [2.45, 2.75) is 20.3 Å². The van der Waals surface area contributed by atoms with Crippen LogP contribution >= 0.6 is 23.2 Å². The van der Waals surface area contributed by atoms with Crippen LogP contribution in [-0.4, -0.2) is 16.7 Å². The van der Waals surface area contributed by atoms with E-state index in [2.05, 4.69) is 10.5 Å². The lowest BCUT2D eigenvalue weighted by molar-refractivity contribution is -0.120. The first-order valence-corrected chi connectivity index (χ1v) is 7.53. The van der Waals surface area contributed by atoms with Crippen LogP contribution < -0.4 is 5.43 Å². The highest BCUT2D eigenvalue weighted by atomic mass is 35.5. The molecule has 7 heteroatoms. The Bertz CT molecular complexity index is 818. The van der Waals surface area contributed by atoms with Gasteiger partial charge in [0.2, 0.25) is 0 Å². The molecule has 0 spiro atoms. The van der Waals surface area contributed by atoms with Crippen LogP contribution in [0.25, 0.3) is 5.69 Å². The highest BCUT2D eigenvalue weighted by Crippen LogP contribution is 2.27. The van der Waals surface area contributed by atoms with E-state index in [0.29, 0.717) is 10.0 Å². The number of nitriles is 1. The van der Waals surface area contributed by atoms with E-state index in [4.69, 9.17) is 28.5 Å². The van der Waals surface area contributed by atoms with Gasteiger partial charge < -0.3 is 4.57 Å². The standard InChI is InChI=1S/C16H14Cl2N4O/c1-10-7-12(9-20-21-16(23)5-6-19)11(2)22(10)13-3-4-14(17)15(18)8-13/h3-4,7-9H,5H2,1-2H3,(H,21,23)/b20-9+. The summed E-state index contributed by atoms with van der Waals surface area (Å²) in [5.74, 6) is -0.443. The van der Waals surface area contributed by atoms with Crippen molar-refractivity contribution in [2.24, 2.45) is 5.10 Å². The summed E-state index contributed by atoms with van der Waals surface area (Å²) in [7, 11) is 0. The molecule has 0 unspecified atom stereocenters. The maximum absolute atomic E-state index is 11.2. The van der Waals surface area contributed by atoms with Gasteiger partial charge in [0, 0.05) is 22.6 Å². The number of rotatable bonds is 4. The molecule has 1 amide bonds. The molecule has 2 rings (SSSR count). The molecule has 0 atom stereocenters. The van der Waals surface area contributed by atoms with Crippen LogP contribution in [0.3, 0.4) is 0 Å². The van der Waals surface area contributed by atoms with Crippen LogP contribution in [0.1, 0.15) is 23.4 Å². The van der Waals surface area contributed by atoms with Gasteiger partial charge >= 0.3 is 0 Å². The molecule has 0 aliphatic carbocycles. The van der Waals surface area contributed by atoms with Gasteiger partial charge in [-0.25, -0.2) is 5.43 Å². The maximum atomic E-state index is 11.2. The highest BCUT2D eigenvalue weighted by molar-refractivity contribution is 6.42. The van der Waals surface area contributed by atoms with Crippen molar-refractivity contribution in [3.05, 3.63) is 51.3 Å². The van der Waals surface area contributed by atoms with Gasteiger partial charge in [0.1, 0.15) is 6.42 Å². The molecule has 0 radical (unpaired) electrons. The molecular weight excluding hydrogens is 335 g/mol. The number of nitrogens with one attached hydrogen (secondary N) is 1. The van der Waals surface area contributed by atoms with Gasteiger partial charge in [-0.2, -0.15) is 10.4 Å². The summed E-state index contributed by atoms with van der Waals surface area (Å²) in [6.45, 7) is 3.90. The molecule has 1 N–H and O–H groups in total. The van der Waals surface area contributed by atoms with Crippen molar-refractivity contribution in [3.8, 4) is 11.8 Å². The fourth-order valence-electron chi connectivity index (χ4n) is 2.22. The quantitative estimate of drug-likeness (QED) is 0.674. The summed E-state index contributed by atoms with van der Waals surface area (Å²) >= 11 is 12.0. The van der Waals surface area contributed by atoms with E-state index in [-0.39, 0.29) is 6.42 Å². The van der Waals surface area contributed by atoms with Crippen molar-refractivity contribution in [1.29, 1.82) is 5.26 Å². The van der Waals surface area contributed by atoms with Crippen molar-refractivity contribution < 1.29 is 4.79 Å². The highest BCUT2D eigenvalue weighted by Gasteiger charge is 2.10. The van der Waals surface area contributed by atoms with Crippen LogP contribution in [-0.2, 0) is 4.79 Å². The largest absolute Gasteiger partial charge is 0.318 e. The number of hydrogen-bond acceptors (Lipinski definition) is 3. The van der Waals surface area contributed by atoms with Crippen molar-refractivity contribution in [3.63, 3.8) is 0 Å². The second kappa shape index (κ2) is 7.32. The molecule has 0 aliphatic heterocycles. The summed E-state index contributed by atoms with van der Waals surface area (Å²) in [6.07, 6.45) is 1.32. The number of carbonyl (C=O) groups is 1. The Morgan fingerprint density at radius 2 is 2.09 bits per heavy atom. The Kier molecular flexibility index (Phi) is 5.43. The van der Waals surface area contributed by atoms with Crippen LogP contribution in [0.4, 0.5) is 0 Å². The zero-order valence-corrected chi connectivity index (χ0v) is 14.1. The first-order chi connectivity index (χ1) is 10.9. The summed E-state index contributed by atoms with van der Waals surface area (Å²) in [5.41, 5.74) is 5.98. The average molecular weight is 349 g/mol. The SMILES string of the molecule is Cc1cc(/C=N/NC(=O)CC#N)c(C)n1-c1ccc(Cl)c(Cl)c1. The van der Waals surface area contributed by atoms with Crippen molar-refractivity contribution in [2.75, 3.05) is 0 Å². The van der Waals surface area contributed by atoms with Crippen LogP contribution in [0, 0.1) is 25.2 Å². The predicted molar refractivity (Wildman–Crippen MR) is 91.2 cm³/mol. The van der Waals surface area contributed by atoms with Gasteiger partial charge in [0.25, 0.3) is 5.91 Å². The molecule has 0 fully saturated rings. The topological polar surface area (TPSA) is 70.2 Å². The zero-order chi connectivity index (χ0) is 17.0. The van der Waals surface area contributed by atoms with Crippen LogP contribution in [0.15, 0.2) is 29.4 Å². The lowest BCUT2D eigenvalue weighted by Crippen LogP contribution is -2.16. The number of hydrogen-bond donors (Lipinski definition) is 1. The normalized spacial score (nSPS) is 10.7. The fraction of sp³-hybridized carbons (Fsp3) is 0.188. The first-order valence-electron chi connectivity index (χ1n) is 6.77. The van der Waals surface area contributed by atoms with E-state index in [9.17, 15) is 4.79 Å². The van der Waals surface area contributed by atoms with E-state index in [1.165, 1.54) is 0 Å². The lowest BCUT2D eigenvalue weighted by Gasteiger charge is -2.10. The minimum Gasteiger partial charge on any atom is -0.318 e. The molecule has 0 saturated carbocycles. The molecule has 1 heterocycles. The molecular formula is C16H14Cl2N4O. The van der Waals surface area contributed by atoms with E-state index in [1.807, 2.05) is 30.5 Å². The zero-order valence-electron chi connectivity index (χ0n) is 12.6. The maximum Gasteiger partial charge on any atom is 0.254 e. The lowest BCUT2D eigenvalue weighted by atomic mass is 10.2.